The number of benzene rings is 2. The van der Waals surface area contributed by atoms with Crippen molar-refractivity contribution in [3.63, 3.8) is 0 Å². The van der Waals surface area contributed by atoms with Gasteiger partial charge in [-0.2, -0.15) is 0 Å². The highest BCUT2D eigenvalue weighted by Crippen LogP contribution is 2.43. The van der Waals surface area contributed by atoms with Crippen molar-refractivity contribution in [2.75, 3.05) is 33.0 Å². The number of Topliss-reactive ketones (excluding diaryl/α,β-unsaturated/α-hetero) is 1. The second-order valence-corrected chi connectivity index (χ2v) is 10.2. The summed E-state index contributed by atoms with van der Waals surface area (Å²) in [6.07, 6.45) is 8.92. The molecule has 5 rings (SSSR count). The Balaban J connectivity index is 1.53. The van der Waals surface area contributed by atoms with Crippen molar-refractivity contribution >= 4 is 17.4 Å². The summed E-state index contributed by atoms with van der Waals surface area (Å²) in [6, 6.07) is 9.59. The van der Waals surface area contributed by atoms with Crippen LogP contribution < -0.4 is 18.9 Å². The van der Waals surface area contributed by atoms with Gasteiger partial charge in [-0.3, -0.25) is 9.59 Å². The van der Waals surface area contributed by atoms with Gasteiger partial charge in [0, 0.05) is 31.0 Å². The summed E-state index contributed by atoms with van der Waals surface area (Å²) in [4.78, 5) is 32.6. The quantitative estimate of drug-likeness (QED) is 0.129. The van der Waals surface area contributed by atoms with Crippen molar-refractivity contribution in [2.45, 2.75) is 52.1 Å². The molecule has 1 saturated heterocycles. The van der Waals surface area contributed by atoms with Crippen LogP contribution in [0.25, 0.3) is 5.76 Å². The second kappa shape index (κ2) is 13.5. The van der Waals surface area contributed by atoms with Crippen LogP contribution >= 0.6 is 0 Å². The summed E-state index contributed by atoms with van der Waals surface area (Å²) in [6.45, 7) is 6.72. The average molecular weight is 576 g/mol. The molecule has 2 aliphatic rings. The van der Waals surface area contributed by atoms with Crippen LogP contribution in [0.4, 0.5) is 0 Å². The molecule has 10 nitrogen and oxygen atoms in total. The monoisotopic (exact) mass is 575 g/mol. The van der Waals surface area contributed by atoms with Gasteiger partial charge >= 0.3 is 0 Å². The molecule has 2 aliphatic heterocycles. The Labute approximate surface area is 245 Å². The molecule has 0 spiro atoms. The van der Waals surface area contributed by atoms with E-state index in [-0.39, 0.29) is 11.3 Å². The van der Waals surface area contributed by atoms with Gasteiger partial charge in [0.05, 0.1) is 31.2 Å². The second-order valence-electron chi connectivity index (χ2n) is 10.2. The van der Waals surface area contributed by atoms with Crippen molar-refractivity contribution in [1.29, 1.82) is 0 Å². The number of rotatable bonds is 13. The lowest BCUT2D eigenvalue weighted by Gasteiger charge is -2.26. The smallest absolute Gasteiger partial charge is 0.295 e. The number of unbranched alkanes of at least 4 members (excludes halogenated alkanes) is 2. The molecular weight excluding hydrogens is 538 g/mol. The average Bonchev–Trinajstić information content (AvgIpc) is 3.62. The first kappa shape index (κ1) is 29.0. The van der Waals surface area contributed by atoms with Gasteiger partial charge in [-0.05, 0) is 55.7 Å². The lowest BCUT2D eigenvalue weighted by Crippen LogP contribution is -2.31. The van der Waals surface area contributed by atoms with Crippen LogP contribution in [0.2, 0.25) is 0 Å². The van der Waals surface area contributed by atoms with Crippen LogP contribution in [0.5, 0.6) is 23.0 Å². The van der Waals surface area contributed by atoms with Gasteiger partial charge in [0.2, 0.25) is 0 Å². The normalized spacial score (nSPS) is 17.5. The van der Waals surface area contributed by atoms with E-state index < -0.39 is 17.7 Å². The fourth-order valence-corrected chi connectivity index (χ4v) is 5.26. The van der Waals surface area contributed by atoms with Gasteiger partial charge in [-0.25, -0.2) is 4.98 Å². The van der Waals surface area contributed by atoms with Gasteiger partial charge < -0.3 is 33.5 Å². The topological polar surface area (TPSA) is 112 Å². The van der Waals surface area contributed by atoms with E-state index >= 15 is 0 Å². The molecule has 1 fully saturated rings. The Kier molecular flexibility index (Phi) is 9.31. The number of carbonyl (C=O) groups excluding carboxylic acids is 2. The summed E-state index contributed by atoms with van der Waals surface area (Å²) in [5.74, 6) is 0.473. The Morgan fingerprint density at radius 3 is 2.57 bits per heavy atom. The molecule has 0 bridgehead atoms. The van der Waals surface area contributed by atoms with Crippen LogP contribution in [0.1, 0.15) is 56.7 Å². The van der Waals surface area contributed by atoms with E-state index in [4.69, 9.17) is 18.9 Å². The lowest BCUT2D eigenvalue weighted by molar-refractivity contribution is -0.139. The zero-order valence-corrected chi connectivity index (χ0v) is 24.1. The maximum Gasteiger partial charge on any atom is 0.295 e. The predicted molar refractivity (Wildman–Crippen MR) is 156 cm³/mol. The van der Waals surface area contributed by atoms with Crippen molar-refractivity contribution in [3.8, 4) is 23.0 Å². The summed E-state index contributed by atoms with van der Waals surface area (Å²) >= 11 is 0. The van der Waals surface area contributed by atoms with E-state index in [1.54, 1.807) is 36.8 Å². The molecule has 1 amide bonds. The van der Waals surface area contributed by atoms with Gasteiger partial charge in [0.15, 0.2) is 23.0 Å². The molecule has 0 saturated carbocycles. The molecule has 222 valence electrons. The molecule has 1 atom stereocenters. The van der Waals surface area contributed by atoms with Crippen molar-refractivity contribution in [2.24, 2.45) is 0 Å². The number of aliphatic hydroxyl groups is 1. The number of ketones is 1. The highest BCUT2D eigenvalue weighted by molar-refractivity contribution is 6.46. The Morgan fingerprint density at radius 2 is 1.81 bits per heavy atom. The molecule has 2 aromatic carbocycles. The van der Waals surface area contributed by atoms with E-state index in [0.29, 0.717) is 80.1 Å². The number of ether oxygens (including phenoxy) is 4. The molecule has 42 heavy (non-hydrogen) atoms. The number of hydrogen-bond acceptors (Lipinski definition) is 8. The lowest BCUT2D eigenvalue weighted by atomic mass is 9.94. The Bertz CT molecular complexity index is 1430. The molecular formula is C32H37N3O7. The van der Waals surface area contributed by atoms with E-state index in [1.807, 2.05) is 29.8 Å². The van der Waals surface area contributed by atoms with Crippen molar-refractivity contribution in [3.05, 3.63) is 71.8 Å². The zero-order chi connectivity index (χ0) is 29.5. The Morgan fingerprint density at radius 1 is 0.976 bits per heavy atom. The van der Waals surface area contributed by atoms with Crippen LogP contribution in [0.3, 0.4) is 0 Å². The molecule has 1 unspecified atom stereocenters. The number of nitrogens with zero attached hydrogens (tertiary/aromatic N) is 3. The number of hydrogen-bond donors (Lipinski definition) is 1. The van der Waals surface area contributed by atoms with Crippen LogP contribution in [0, 0.1) is 0 Å². The van der Waals surface area contributed by atoms with Crippen LogP contribution in [-0.2, 0) is 16.1 Å². The van der Waals surface area contributed by atoms with Gasteiger partial charge in [0.25, 0.3) is 11.7 Å². The van der Waals surface area contributed by atoms with Crippen LogP contribution in [0.15, 0.2) is 60.7 Å². The maximum absolute atomic E-state index is 13.5. The summed E-state index contributed by atoms with van der Waals surface area (Å²) in [5, 5.41) is 11.5. The number of aromatic nitrogens is 2. The minimum Gasteiger partial charge on any atom is -0.507 e. The molecule has 0 radical (unpaired) electrons. The summed E-state index contributed by atoms with van der Waals surface area (Å²) in [7, 11) is 0. The van der Waals surface area contributed by atoms with E-state index in [2.05, 4.69) is 11.9 Å². The van der Waals surface area contributed by atoms with Gasteiger partial charge in [-0.1, -0.05) is 25.8 Å². The SMILES string of the molecule is CCCCCOc1ccc(C2C(=C(O)c3ccc4c(c3)OCCO4)C(=O)C(=O)N2CCCn2ccnc2)cc1OCC. The highest BCUT2D eigenvalue weighted by Gasteiger charge is 2.46. The summed E-state index contributed by atoms with van der Waals surface area (Å²) in [5.41, 5.74) is 1.01. The highest BCUT2D eigenvalue weighted by atomic mass is 16.6. The number of imidazole rings is 1. The Hall–Kier alpha value is -4.47. The summed E-state index contributed by atoms with van der Waals surface area (Å²) < 4.78 is 25.2. The molecule has 1 aromatic heterocycles. The van der Waals surface area contributed by atoms with Crippen molar-refractivity contribution in [1.82, 2.24) is 14.5 Å². The van der Waals surface area contributed by atoms with E-state index in [0.717, 1.165) is 19.3 Å². The first-order valence-electron chi connectivity index (χ1n) is 14.6. The minimum absolute atomic E-state index is 0.0124. The minimum atomic E-state index is -0.825. The first-order valence-corrected chi connectivity index (χ1v) is 14.6. The third-order valence-corrected chi connectivity index (χ3v) is 7.32. The molecule has 0 aliphatic carbocycles. The van der Waals surface area contributed by atoms with E-state index in [9.17, 15) is 14.7 Å². The fourth-order valence-electron chi connectivity index (χ4n) is 5.26. The third kappa shape index (κ3) is 6.22. The molecule has 3 heterocycles. The predicted octanol–water partition coefficient (Wildman–Crippen LogP) is 5.13. The van der Waals surface area contributed by atoms with Crippen LogP contribution in [-0.4, -0.2) is 64.2 Å². The zero-order valence-electron chi connectivity index (χ0n) is 24.1. The largest absolute Gasteiger partial charge is 0.507 e. The fraction of sp³-hybridized carbons (Fsp3) is 0.406. The maximum atomic E-state index is 13.5. The first-order chi connectivity index (χ1) is 20.5. The molecule has 1 N–H and O–H groups in total. The number of likely N-dealkylation sites (tertiary alicyclic amines) is 1. The van der Waals surface area contributed by atoms with Gasteiger partial charge in [-0.15, -0.1) is 0 Å². The third-order valence-electron chi connectivity index (χ3n) is 7.32. The number of carbonyl (C=O) groups is 2. The number of fused-ring (bicyclic) bond motifs is 1. The van der Waals surface area contributed by atoms with Gasteiger partial charge in [0.1, 0.15) is 19.0 Å². The standard InChI is InChI=1S/C32H37N3O7/c1-3-5-6-16-40-24-10-8-22(19-26(24)39-4-2)29-28(30(36)23-9-11-25-27(20-23)42-18-17-41-25)31(37)32(38)35(29)14-7-13-34-15-12-33-21-34/h8-12,15,19-21,29,36H,3-7,13-14,16-18H2,1-2H3. The number of aliphatic hydroxyl groups excluding tert-OH is 1. The number of amides is 1. The van der Waals surface area contributed by atoms with E-state index in [1.165, 1.54) is 4.90 Å². The number of aryl methyl sites for hydroxylation is 1. The molecule has 10 heteroatoms. The molecule has 3 aromatic rings. The van der Waals surface area contributed by atoms with Crippen molar-refractivity contribution < 1.29 is 33.6 Å².